The second-order valence-electron chi connectivity index (χ2n) is 4.81. The van der Waals surface area contributed by atoms with Gasteiger partial charge in [0, 0.05) is 6.54 Å². The van der Waals surface area contributed by atoms with Crippen LogP contribution in [-0.4, -0.2) is 27.6 Å². The van der Waals surface area contributed by atoms with Gasteiger partial charge in [0.15, 0.2) is 5.69 Å². The van der Waals surface area contributed by atoms with Gasteiger partial charge in [-0.25, -0.2) is 9.78 Å². The maximum atomic E-state index is 10.7. The molecule has 2 N–H and O–H groups in total. The Morgan fingerprint density at radius 1 is 1.39 bits per heavy atom. The van der Waals surface area contributed by atoms with Crippen LogP contribution in [0.3, 0.4) is 0 Å². The molecule has 1 aliphatic rings. The van der Waals surface area contributed by atoms with E-state index < -0.39 is 5.97 Å². The minimum atomic E-state index is -1.04. The summed E-state index contributed by atoms with van der Waals surface area (Å²) >= 11 is 0. The molecule has 1 aromatic rings. The molecule has 0 bridgehead atoms. The van der Waals surface area contributed by atoms with E-state index in [0.29, 0.717) is 5.82 Å². The third-order valence-corrected chi connectivity index (χ3v) is 3.42. The van der Waals surface area contributed by atoms with E-state index in [0.717, 1.165) is 18.9 Å². The highest BCUT2D eigenvalue weighted by molar-refractivity contribution is 5.85. The van der Waals surface area contributed by atoms with Crippen molar-refractivity contribution in [3.05, 3.63) is 18.1 Å². The zero-order valence-corrected chi connectivity index (χ0v) is 10.4. The summed E-state index contributed by atoms with van der Waals surface area (Å²) < 4.78 is 0. The second kappa shape index (κ2) is 6.33. The molecule has 0 amide bonds. The van der Waals surface area contributed by atoms with Crippen LogP contribution in [0, 0.1) is 5.92 Å². The zero-order chi connectivity index (χ0) is 12.8. The summed E-state index contributed by atoms with van der Waals surface area (Å²) in [6.07, 6.45) is 10.7. The topological polar surface area (TPSA) is 75.1 Å². The first-order chi connectivity index (χ1) is 8.75. The Balaban J connectivity index is 1.72. The largest absolute Gasteiger partial charge is 0.476 e. The van der Waals surface area contributed by atoms with E-state index >= 15 is 0 Å². The fourth-order valence-corrected chi connectivity index (χ4v) is 2.46. The summed E-state index contributed by atoms with van der Waals surface area (Å²) in [4.78, 5) is 18.6. The van der Waals surface area contributed by atoms with Crippen molar-refractivity contribution in [2.75, 3.05) is 11.9 Å². The number of carboxylic acid groups (broad SMARTS) is 1. The molecule has 0 aliphatic heterocycles. The van der Waals surface area contributed by atoms with Crippen LogP contribution in [0.4, 0.5) is 5.82 Å². The van der Waals surface area contributed by atoms with E-state index in [4.69, 9.17) is 5.11 Å². The summed E-state index contributed by atoms with van der Waals surface area (Å²) in [6.45, 7) is 0.828. The number of anilines is 1. The molecule has 0 aromatic carbocycles. The first-order valence-electron chi connectivity index (χ1n) is 6.55. The van der Waals surface area contributed by atoms with Crippen molar-refractivity contribution in [3.8, 4) is 0 Å². The lowest BCUT2D eigenvalue weighted by Crippen LogP contribution is -2.08. The number of hydrogen-bond donors (Lipinski definition) is 2. The smallest absolute Gasteiger partial charge is 0.356 e. The van der Waals surface area contributed by atoms with Gasteiger partial charge in [-0.1, -0.05) is 25.7 Å². The molecule has 1 fully saturated rings. The molecule has 0 spiro atoms. The van der Waals surface area contributed by atoms with Gasteiger partial charge in [0.05, 0.1) is 12.4 Å². The number of nitrogens with zero attached hydrogens (tertiary/aromatic N) is 2. The first kappa shape index (κ1) is 12.8. The second-order valence-corrected chi connectivity index (χ2v) is 4.81. The quantitative estimate of drug-likeness (QED) is 0.758. The molecule has 5 nitrogen and oxygen atoms in total. The minimum Gasteiger partial charge on any atom is -0.476 e. The van der Waals surface area contributed by atoms with E-state index in [1.54, 1.807) is 6.20 Å². The molecule has 98 valence electrons. The van der Waals surface area contributed by atoms with Crippen LogP contribution in [-0.2, 0) is 0 Å². The Morgan fingerprint density at radius 3 is 2.89 bits per heavy atom. The number of aromatic carboxylic acids is 1. The molecule has 1 aromatic heterocycles. The monoisotopic (exact) mass is 249 g/mol. The Bertz CT molecular complexity index is 403. The molecule has 1 aliphatic carbocycles. The third kappa shape index (κ3) is 3.68. The van der Waals surface area contributed by atoms with Gasteiger partial charge in [-0.15, -0.1) is 0 Å². The van der Waals surface area contributed by atoms with Crippen molar-refractivity contribution < 1.29 is 9.90 Å². The molecular formula is C13H19N3O2. The lowest BCUT2D eigenvalue weighted by Gasteiger charge is -2.09. The highest BCUT2D eigenvalue weighted by atomic mass is 16.4. The van der Waals surface area contributed by atoms with Crippen LogP contribution in [0.25, 0.3) is 0 Å². The van der Waals surface area contributed by atoms with Crippen LogP contribution < -0.4 is 5.32 Å². The van der Waals surface area contributed by atoms with Crippen molar-refractivity contribution in [1.29, 1.82) is 0 Å². The number of hydrogen-bond acceptors (Lipinski definition) is 4. The zero-order valence-electron chi connectivity index (χ0n) is 10.4. The molecule has 5 heteroatoms. The van der Waals surface area contributed by atoms with Gasteiger partial charge in [-0.05, 0) is 18.8 Å². The minimum absolute atomic E-state index is 0.0178. The lowest BCUT2D eigenvalue weighted by molar-refractivity contribution is 0.0690. The maximum absolute atomic E-state index is 10.7. The average molecular weight is 249 g/mol. The van der Waals surface area contributed by atoms with Crippen LogP contribution in [0.2, 0.25) is 0 Å². The van der Waals surface area contributed by atoms with Crippen LogP contribution in [0.1, 0.15) is 49.0 Å². The van der Waals surface area contributed by atoms with E-state index in [1.165, 1.54) is 38.3 Å². The van der Waals surface area contributed by atoms with E-state index in [1.807, 2.05) is 0 Å². The van der Waals surface area contributed by atoms with E-state index in [9.17, 15) is 4.79 Å². The van der Waals surface area contributed by atoms with Gasteiger partial charge in [0.25, 0.3) is 0 Å². The number of rotatable bonds is 6. The summed E-state index contributed by atoms with van der Waals surface area (Å²) in [5.41, 5.74) is -0.0178. The first-order valence-corrected chi connectivity index (χ1v) is 6.55. The fraction of sp³-hybridized carbons (Fsp3) is 0.615. The molecule has 1 saturated carbocycles. The molecule has 0 saturated heterocycles. The number of carbonyl (C=O) groups is 1. The SMILES string of the molecule is O=C(O)c1cncc(NCCCC2CCCC2)n1. The molecule has 0 unspecified atom stereocenters. The average Bonchev–Trinajstić information content (AvgIpc) is 2.88. The van der Waals surface area contributed by atoms with Crippen LogP contribution in [0.15, 0.2) is 12.4 Å². The van der Waals surface area contributed by atoms with E-state index in [-0.39, 0.29) is 5.69 Å². The summed E-state index contributed by atoms with van der Waals surface area (Å²) in [5.74, 6) is 0.390. The van der Waals surface area contributed by atoms with Crippen molar-refractivity contribution >= 4 is 11.8 Å². The Kier molecular flexibility index (Phi) is 4.50. The van der Waals surface area contributed by atoms with Gasteiger partial charge in [0.1, 0.15) is 5.82 Å². The highest BCUT2D eigenvalue weighted by Crippen LogP contribution is 2.28. The summed E-state index contributed by atoms with van der Waals surface area (Å²) in [5, 5.41) is 11.9. The van der Waals surface area contributed by atoms with Gasteiger partial charge < -0.3 is 10.4 Å². The third-order valence-electron chi connectivity index (χ3n) is 3.42. The van der Waals surface area contributed by atoms with E-state index in [2.05, 4.69) is 15.3 Å². The fourth-order valence-electron chi connectivity index (χ4n) is 2.46. The molecule has 0 radical (unpaired) electrons. The maximum Gasteiger partial charge on any atom is 0.356 e. The molecule has 0 atom stereocenters. The summed E-state index contributed by atoms with van der Waals surface area (Å²) in [7, 11) is 0. The Labute approximate surface area is 107 Å². The van der Waals surface area contributed by atoms with Gasteiger partial charge >= 0.3 is 5.97 Å². The van der Waals surface area contributed by atoms with Crippen molar-refractivity contribution in [2.45, 2.75) is 38.5 Å². The molecule has 2 rings (SSSR count). The predicted molar refractivity (Wildman–Crippen MR) is 68.7 cm³/mol. The molecule has 18 heavy (non-hydrogen) atoms. The number of carboxylic acids is 1. The van der Waals surface area contributed by atoms with Crippen molar-refractivity contribution in [2.24, 2.45) is 5.92 Å². The normalized spacial score (nSPS) is 15.8. The standard InChI is InChI=1S/C13H19N3O2/c17-13(18)11-8-14-9-12(16-11)15-7-3-6-10-4-1-2-5-10/h8-10H,1-7H2,(H,15,16)(H,17,18). The van der Waals surface area contributed by atoms with Crippen LogP contribution in [0.5, 0.6) is 0 Å². The van der Waals surface area contributed by atoms with Crippen molar-refractivity contribution in [1.82, 2.24) is 9.97 Å². The Hall–Kier alpha value is -1.65. The summed E-state index contributed by atoms with van der Waals surface area (Å²) in [6, 6.07) is 0. The lowest BCUT2D eigenvalue weighted by atomic mass is 10.0. The molecular weight excluding hydrogens is 230 g/mol. The van der Waals surface area contributed by atoms with Gasteiger partial charge in [-0.3, -0.25) is 4.98 Å². The van der Waals surface area contributed by atoms with Crippen LogP contribution >= 0.6 is 0 Å². The van der Waals surface area contributed by atoms with Gasteiger partial charge in [-0.2, -0.15) is 0 Å². The molecule has 1 heterocycles. The highest BCUT2D eigenvalue weighted by Gasteiger charge is 2.14. The number of aromatic nitrogens is 2. The van der Waals surface area contributed by atoms with Crippen molar-refractivity contribution in [3.63, 3.8) is 0 Å². The number of nitrogens with one attached hydrogen (secondary N) is 1. The van der Waals surface area contributed by atoms with Gasteiger partial charge in [0.2, 0.25) is 0 Å². The predicted octanol–water partition coefficient (Wildman–Crippen LogP) is 2.56. The Morgan fingerprint density at radius 2 is 2.17 bits per heavy atom.